The number of methoxy groups -OCH3 is 1. The lowest BCUT2D eigenvalue weighted by Gasteiger charge is -2.19. The molecule has 3 aromatic carbocycles. The Morgan fingerprint density at radius 1 is 1.12 bits per heavy atom. The monoisotopic (exact) mass is 460 g/mol. The Morgan fingerprint density at radius 3 is 2.88 bits per heavy atom. The first-order chi connectivity index (χ1) is 16.1. The molecule has 7 nitrogen and oxygen atoms in total. The quantitative estimate of drug-likeness (QED) is 0.548. The maximum Gasteiger partial charge on any atom is 0.262 e. The van der Waals surface area contributed by atoms with E-state index in [2.05, 4.69) is 10.6 Å². The lowest BCUT2D eigenvalue weighted by Crippen LogP contribution is -2.23. The topological polar surface area (TPSA) is 85.9 Å². The van der Waals surface area contributed by atoms with Crippen molar-refractivity contribution < 1.29 is 23.8 Å². The van der Waals surface area contributed by atoms with Gasteiger partial charge < -0.3 is 24.8 Å². The summed E-state index contributed by atoms with van der Waals surface area (Å²) in [5, 5.41) is 5.79. The van der Waals surface area contributed by atoms with Gasteiger partial charge >= 0.3 is 0 Å². The summed E-state index contributed by atoms with van der Waals surface area (Å²) in [5.74, 6) is 1.66. The molecule has 0 saturated heterocycles. The fourth-order valence-electron chi connectivity index (χ4n) is 3.52. The second-order valence-electron chi connectivity index (χ2n) is 7.42. The lowest BCUT2D eigenvalue weighted by atomic mass is 10.1. The first-order valence-electron chi connectivity index (χ1n) is 10.2. The van der Waals surface area contributed by atoms with Gasteiger partial charge in [-0.05, 0) is 59.7 Å². The number of rotatable bonds is 5. The summed E-state index contributed by atoms with van der Waals surface area (Å²) in [6.45, 7) is 0.557. The molecule has 33 heavy (non-hydrogen) atoms. The van der Waals surface area contributed by atoms with E-state index in [-0.39, 0.29) is 18.6 Å². The molecule has 0 saturated carbocycles. The molecule has 0 fully saturated rings. The number of carbonyl (C=O) groups is 2. The van der Waals surface area contributed by atoms with Crippen LogP contribution in [-0.2, 0) is 11.3 Å². The van der Waals surface area contributed by atoms with Crippen LogP contribution in [0.4, 0.5) is 5.69 Å². The zero-order valence-corrected chi connectivity index (χ0v) is 18.5. The van der Waals surface area contributed by atoms with Crippen molar-refractivity contribution in [3.05, 3.63) is 82.3 Å². The van der Waals surface area contributed by atoms with Crippen molar-refractivity contribution in [2.24, 2.45) is 0 Å². The van der Waals surface area contributed by atoms with Crippen molar-refractivity contribution in [1.29, 1.82) is 0 Å². The van der Waals surface area contributed by atoms with E-state index in [1.165, 1.54) is 11.8 Å². The molecule has 2 N–H and O–H groups in total. The Bertz CT molecular complexity index is 1290. The van der Waals surface area contributed by atoms with Crippen LogP contribution in [0.5, 0.6) is 17.2 Å². The van der Waals surface area contributed by atoms with Crippen LogP contribution in [0, 0.1) is 0 Å². The molecule has 0 atom stereocenters. The Labute approximate surface area is 194 Å². The number of nitrogens with one attached hydrogen (secondary N) is 2. The third-order valence-corrected chi connectivity index (χ3v) is 6.31. The van der Waals surface area contributed by atoms with E-state index in [1.54, 1.807) is 19.2 Å². The van der Waals surface area contributed by atoms with Crippen molar-refractivity contribution in [1.82, 2.24) is 5.32 Å². The number of hydrogen-bond donors (Lipinski definition) is 2. The molecule has 0 unspecified atom stereocenters. The second-order valence-corrected chi connectivity index (χ2v) is 8.51. The van der Waals surface area contributed by atoms with Crippen LogP contribution < -0.4 is 24.8 Å². The van der Waals surface area contributed by atoms with Crippen molar-refractivity contribution in [2.75, 3.05) is 19.2 Å². The molecule has 2 heterocycles. The van der Waals surface area contributed by atoms with Crippen LogP contribution >= 0.6 is 11.8 Å². The minimum absolute atomic E-state index is 0.209. The van der Waals surface area contributed by atoms with E-state index < -0.39 is 0 Å². The summed E-state index contributed by atoms with van der Waals surface area (Å²) in [7, 11) is 1.60. The number of anilines is 1. The van der Waals surface area contributed by atoms with Gasteiger partial charge in [0, 0.05) is 17.0 Å². The normalized spacial score (nSPS) is 15.1. The van der Waals surface area contributed by atoms with Crippen LogP contribution in [0.25, 0.3) is 6.08 Å². The molecule has 2 amide bonds. The van der Waals surface area contributed by atoms with Gasteiger partial charge in [0.05, 0.1) is 17.7 Å². The van der Waals surface area contributed by atoms with Gasteiger partial charge in [0.25, 0.3) is 11.8 Å². The Morgan fingerprint density at radius 2 is 2.00 bits per heavy atom. The van der Waals surface area contributed by atoms with Crippen LogP contribution in [0.2, 0.25) is 0 Å². The van der Waals surface area contributed by atoms with Gasteiger partial charge in [0.1, 0.15) is 5.75 Å². The molecule has 2 aliphatic heterocycles. The van der Waals surface area contributed by atoms with E-state index in [4.69, 9.17) is 14.2 Å². The average Bonchev–Trinajstić information content (AvgIpc) is 3.31. The van der Waals surface area contributed by atoms with Crippen molar-refractivity contribution in [2.45, 2.75) is 11.4 Å². The minimum atomic E-state index is -0.229. The van der Waals surface area contributed by atoms with E-state index in [9.17, 15) is 9.59 Å². The number of fused-ring (bicyclic) bond motifs is 2. The first-order valence-corrected chi connectivity index (χ1v) is 11.1. The third kappa shape index (κ3) is 4.51. The van der Waals surface area contributed by atoms with Gasteiger partial charge in [-0.1, -0.05) is 30.0 Å². The lowest BCUT2D eigenvalue weighted by molar-refractivity contribution is -0.112. The number of hydrogen-bond acceptors (Lipinski definition) is 6. The van der Waals surface area contributed by atoms with Gasteiger partial charge in [-0.25, -0.2) is 0 Å². The van der Waals surface area contributed by atoms with Crippen molar-refractivity contribution >= 4 is 35.3 Å². The number of carbonyl (C=O) groups excluding carboxylic acids is 2. The molecular formula is C25H20N2O5S. The number of ether oxygens (including phenoxy) is 3. The third-order valence-electron chi connectivity index (χ3n) is 5.22. The molecule has 0 radical (unpaired) electrons. The molecule has 0 aromatic heterocycles. The van der Waals surface area contributed by atoms with Gasteiger partial charge in [-0.2, -0.15) is 0 Å². The maximum atomic E-state index is 12.7. The van der Waals surface area contributed by atoms with E-state index in [0.29, 0.717) is 34.2 Å². The zero-order valence-electron chi connectivity index (χ0n) is 17.7. The fraction of sp³-hybridized carbons (Fsp3) is 0.120. The highest BCUT2D eigenvalue weighted by Gasteiger charge is 2.22. The molecule has 0 bridgehead atoms. The van der Waals surface area contributed by atoms with Crippen LogP contribution in [0.3, 0.4) is 0 Å². The second kappa shape index (κ2) is 8.91. The molecule has 0 spiro atoms. The summed E-state index contributed by atoms with van der Waals surface area (Å²) in [4.78, 5) is 26.8. The predicted molar refractivity (Wildman–Crippen MR) is 126 cm³/mol. The largest absolute Gasteiger partial charge is 0.497 e. The number of thioether (sulfide) groups is 1. The summed E-state index contributed by atoms with van der Waals surface area (Å²) in [5.41, 5.74) is 2.86. The molecule has 3 aromatic rings. The highest BCUT2D eigenvalue weighted by atomic mass is 32.2. The van der Waals surface area contributed by atoms with Crippen molar-refractivity contribution in [3.8, 4) is 17.2 Å². The first kappa shape index (κ1) is 21.0. The molecule has 5 rings (SSSR count). The summed E-state index contributed by atoms with van der Waals surface area (Å²) >= 11 is 1.37. The Kier molecular flexibility index (Phi) is 5.66. The maximum absolute atomic E-state index is 12.7. The van der Waals surface area contributed by atoms with Gasteiger partial charge in [-0.3, -0.25) is 9.59 Å². The highest BCUT2D eigenvalue weighted by Crippen LogP contribution is 2.39. The zero-order chi connectivity index (χ0) is 22.8. The SMILES string of the molecule is COc1cccc(C=C2Sc3ccc(C(=O)NCc4ccc5c(c4)OCO5)cc3NC2=O)c1. The van der Waals surface area contributed by atoms with Crippen molar-refractivity contribution in [3.63, 3.8) is 0 Å². The van der Waals surface area contributed by atoms with Crippen LogP contribution in [0.15, 0.2) is 70.5 Å². The van der Waals surface area contributed by atoms with Crippen LogP contribution in [0.1, 0.15) is 21.5 Å². The van der Waals surface area contributed by atoms with Gasteiger partial charge in [0.2, 0.25) is 6.79 Å². The highest BCUT2D eigenvalue weighted by molar-refractivity contribution is 8.04. The summed E-state index contributed by atoms with van der Waals surface area (Å²) < 4.78 is 15.9. The molecular weight excluding hydrogens is 440 g/mol. The molecule has 0 aliphatic carbocycles. The van der Waals surface area contributed by atoms with Gasteiger partial charge in [-0.15, -0.1) is 0 Å². The molecule has 2 aliphatic rings. The minimum Gasteiger partial charge on any atom is -0.497 e. The van der Waals surface area contributed by atoms with Crippen LogP contribution in [-0.4, -0.2) is 25.7 Å². The standard InChI is InChI=1S/C25H20N2O5S/c1-30-18-4-2-3-15(9-18)11-23-25(29)27-19-12-17(6-8-22(19)33-23)24(28)26-13-16-5-7-20-21(10-16)32-14-31-20/h2-12H,13-14H2,1H3,(H,26,28)(H,27,29). The van der Waals surface area contributed by atoms with E-state index >= 15 is 0 Å². The van der Waals surface area contributed by atoms with E-state index in [0.717, 1.165) is 21.8 Å². The molecule has 8 heteroatoms. The Balaban J connectivity index is 1.28. The summed E-state index contributed by atoms with van der Waals surface area (Å²) in [6, 6.07) is 18.3. The summed E-state index contributed by atoms with van der Waals surface area (Å²) in [6.07, 6.45) is 1.82. The Hall–Kier alpha value is -3.91. The number of amides is 2. The van der Waals surface area contributed by atoms with E-state index in [1.807, 2.05) is 54.6 Å². The van der Waals surface area contributed by atoms with Gasteiger partial charge in [0.15, 0.2) is 11.5 Å². The molecule has 166 valence electrons. The predicted octanol–water partition coefficient (Wildman–Crippen LogP) is 4.44. The number of benzene rings is 3. The fourth-order valence-corrected chi connectivity index (χ4v) is 4.45. The smallest absolute Gasteiger partial charge is 0.262 e. The average molecular weight is 461 g/mol.